The molecular weight excluding hydrogens is 553 g/mol. The second kappa shape index (κ2) is 11.8. The summed E-state index contributed by atoms with van der Waals surface area (Å²) in [4.78, 5) is 33.1. The molecule has 0 N–H and O–H groups in total. The van der Waals surface area contributed by atoms with Crippen LogP contribution < -0.4 is 0 Å². The van der Waals surface area contributed by atoms with Gasteiger partial charge in [-0.05, 0) is 60.9 Å². The van der Waals surface area contributed by atoms with Crippen molar-refractivity contribution in [2.45, 2.75) is 50.1 Å². The van der Waals surface area contributed by atoms with Crippen LogP contribution in [0.15, 0.2) is 78.9 Å². The van der Waals surface area contributed by atoms with E-state index in [1.54, 1.807) is 13.0 Å². The van der Waals surface area contributed by atoms with Gasteiger partial charge in [0.15, 0.2) is 0 Å². The predicted molar refractivity (Wildman–Crippen MR) is 166 cm³/mol. The average Bonchev–Trinajstić information content (AvgIpc) is 3.72. The Morgan fingerprint density at radius 1 is 0.902 bits per heavy atom. The number of likely N-dealkylation sites (tertiary alicyclic amines) is 1. The summed E-state index contributed by atoms with van der Waals surface area (Å²) in [6.07, 6.45) is 2.46. The highest BCUT2D eigenvalue weighted by Gasteiger charge is 2.62. The van der Waals surface area contributed by atoms with Gasteiger partial charge in [-0.2, -0.15) is 0 Å². The van der Waals surface area contributed by atoms with Gasteiger partial charge in [-0.1, -0.05) is 89.9 Å². The lowest BCUT2D eigenvalue weighted by atomic mass is 9.79. The highest BCUT2D eigenvalue weighted by atomic mass is 35.5. The van der Waals surface area contributed by atoms with E-state index in [-0.39, 0.29) is 29.3 Å². The third-order valence-electron chi connectivity index (χ3n) is 9.69. The Morgan fingerprint density at radius 2 is 1.51 bits per heavy atom. The zero-order valence-electron chi connectivity index (χ0n) is 24.3. The summed E-state index contributed by atoms with van der Waals surface area (Å²) in [5.41, 5.74) is 2.25. The Labute approximate surface area is 254 Å². The summed E-state index contributed by atoms with van der Waals surface area (Å²) in [5, 5.41) is 0.961. The fraction of sp³-hybridized carbons (Fsp3) is 0.412. The number of hydrogen-bond acceptors (Lipinski definition) is 3. The van der Waals surface area contributed by atoms with Gasteiger partial charge in [-0.3, -0.25) is 9.59 Å². The number of benzene rings is 3. The molecule has 216 valence electrons. The zero-order valence-corrected chi connectivity index (χ0v) is 25.8. The summed E-state index contributed by atoms with van der Waals surface area (Å²) >= 11 is 12.8. The van der Waals surface area contributed by atoms with Crippen molar-refractivity contribution < 1.29 is 9.59 Å². The monoisotopic (exact) mass is 591 g/mol. The van der Waals surface area contributed by atoms with E-state index in [2.05, 4.69) is 36.1 Å². The molecule has 0 spiro atoms. The number of amides is 2. The second-order valence-corrected chi connectivity index (χ2v) is 12.6. The first-order valence-corrected chi connectivity index (χ1v) is 15.2. The molecule has 1 aliphatic heterocycles. The molecule has 2 aliphatic rings. The molecule has 1 heterocycles. The molecule has 1 aliphatic carbocycles. The molecular formula is C34H39Cl2N3O2. The quantitative estimate of drug-likeness (QED) is 0.285. The van der Waals surface area contributed by atoms with E-state index in [0.717, 1.165) is 50.0 Å². The SMILES string of the molecule is CC(=O)N(C)C1(c2ccccc2)CCN(CC2CC2(C(=O)N(C)C(C)c2ccccc2)c2ccc(Cl)c(Cl)c2)CC1. The molecule has 41 heavy (non-hydrogen) atoms. The standard InChI is InChI=1S/C34H39Cl2N3O2/c1-24(26-11-7-5-8-12-26)37(3)32(41)34(28-15-16-30(35)31(36)21-28)22-29(34)23-39-19-17-33(18-20-39,38(4)25(2)40)27-13-9-6-10-14-27/h5-16,21,24,29H,17-20,22-23H2,1-4H3. The smallest absolute Gasteiger partial charge is 0.233 e. The Bertz CT molecular complexity index is 1390. The number of hydrogen-bond donors (Lipinski definition) is 0. The Kier molecular flexibility index (Phi) is 8.52. The summed E-state index contributed by atoms with van der Waals surface area (Å²) < 4.78 is 0. The van der Waals surface area contributed by atoms with Crippen LogP contribution in [0.1, 0.15) is 55.8 Å². The normalized spacial score (nSPS) is 22.5. The molecule has 3 aromatic rings. The van der Waals surface area contributed by atoms with E-state index in [4.69, 9.17) is 23.2 Å². The minimum absolute atomic E-state index is 0.0619. The Hall–Kier alpha value is -2.86. The van der Waals surface area contributed by atoms with Crippen molar-refractivity contribution in [3.8, 4) is 0 Å². The lowest BCUT2D eigenvalue weighted by molar-refractivity contribution is -0.137. The van der Waals surface area contributed by atoms with Crippen LogP contribution in [0.5, 0.6) is 0 Å². The molecule has 0 radical (unpaired) electrons. The first-order valence-electron chi connectivity index (χ1n) is 14.4. The van der Waals surface area contributed by atoms with Crippen LogP contribution in [0.4, 0.5) is 0 Å². The molecule has 5 nitrogen and oxygen atoms in total. The average molecular weight is 593 g/mol. The van der Waals surface area contributed by atoms with Crippen LogP contribution in [-0.2, 0) is 20.5 Å². The third kappa shape index (κ3) is 5.52. The van der Waals surface area contributed by atoms with Gasteiger partial charge in [-0.15, -0.1) is 0 Å². The van der Waals surface area contributed by atoms with Gasteiger partial charge in [0.25, 0.3) is 0 Å². The van der Waals surface area contributed by atoms with Crippen LogP contribution in [0.25, 0.3) is 0 Å². The van der Waals surface area contributed by atoms with Crippen LogP contribution in [0.2, 0.25) is 10.0 Å². The Morgan fingerprint density at radius 3 is 2.10 bits per heavy atom. The molecule has 7 heteroatoms. The maximum atomic E-state index is 14.3. The highest BCUT2D eigenvalue weighted by Crippen LogP contribution is 2.57. The minimum atomic E-state index is -0.643. The number of rotatable bonds is 8. The molecule has 3 aromatic carbocycles. The van der Waals surface area contributed by atoms with E-state index in [9.17, 15) is 9.59 Å². The van der Waals surface area contributed by atoms with Crippen molar-refractivity contribution in [2.75, 3.05) is 33.7 Å². The van der Waals surface area contributed by atoms with Crippen LogP contribution in [-0.4, -0.2) is 60.2 Å². The molecule has 3 atom stereocenters. The van der Waals surface area contributed by atoms with Crippen molar-refractivity contribution in [1.82, 2.24) is 14.7 Å². The molecule has 3 unspecified atom stereocenters. The molecule has 0 aromatic heterocycles. The van der Waals surface area contributed by atoms with Crippen molar-refractivity contribution in [2.24, 2.45) is 5.92 Å². The van der Waals surface area contributed by atoms with Crippen LogP contribution in [0.3, 0.4) is 0 Å². The largest absolute Gasteiger partial charge is 0.338 e. The van der Waals surface area contributed by atoms with Gasteiger partial charge in [0.1, 0.15) is 0 Å². The van der Waals surface area contributed by atoms with Gasteiger partial charge in [0.05, 0.1) is 27.0 Å². The molecule has 1 saturated heterocycles. The number of halogens is 2. The third-order valence-corrected chi connectivity index (χ3v) is 10.4. The van der Waals surface area contributed by atoms with E-state index in [0.29, 0.717) is 10.0 Å². The summed E-state index contributed by atoms with van der Waals surface area (Å²) in [5.74, 6) is 0.348. The molecule has 2 amide bonds. The number of carbonyl (C=O) groups excluding carboxylic acids is 2. The van der Waals surface area contributed by atoms with E-state index >= 15 is 0 Å². The van der Waals surface area contributed by atoms with E-state index < -0.39 is 5.41 Å². The first kappa shape index (κ1) is 29.6. The maximum Gasteiger partial charge on any atom is 0.233 e. The summed E-state index contributed by atoms with van der Waals surface area (Å²) in [7, 11) is 3.82. The van der Waals surface area contributed by atoms with E-state index in [1.165, 1.54) is 5.56 Å². The lowest BCUT2D eigenvalue weighted by Gasteiger charge is -2.48. The molecule has 1 saturated carbocycles. The van der Waals surface area contributed by atoms with Crippen LogP contribution >= 0.6 is 23.2 Å². The highest BCUT2D eigenvalue weighted by molar-refractivity contribution is 6.42. The fourth-order valence-electron chi connectivity index (χ4n) is 6.79. The number of likely N-dealkylation sites (N-methyl/N-ethyl adjacent to an activating group) is 1. The lowest BCUT2D eigenvalue weighted by Crippen LogP contribution is -2.53. The minimum Gasteiger partial charge on any atom is -0.338 e. The van der Waals surface area contributed by atoms with Crippen LogP contribution in [0, 0.1) is 5.92 Å². The van der Waals surface area contributed by atoms with Gasteiger partial charge in [-0.25, -0.2) is 0 Å². The van der Waals surface area contributed by atoms with Crippen molar-refractivity contribution in [3.63, 3.8) is 0 Å². The van der Waals surface area contributed by atoms with Crippen molar-refractivity contribution in [3.05, 3.63) is 106 Å². The van der Waals surface area contributed by atoms with Crippen molar-refractivity contribution in [1.29, 1.82) is 0 Å². The first-order chi connectivity index (χ1) is 19.6. The second-order valence-electron chi connectivity index (χ2n) is 11.8. The summed E-state index contributed by atoms with van der Waals surface area (Å²) in [6, 6.07) is 26.1. The molecule has 0 bridgehead atoms. The Balaban J connectivity index is 1.37. The van der Waals surface area contributed by atoms with Gasteiger partial charge in [0, 0.05) is 40.7 Å². The molecule has 5 rings (SSSR count). The van der Waals surface area contributed by atoms with Gasteiger partial charge >= 0.3 is 0 Å². The predicted octanol–water partition coefficient (Wildman–Crippen LogP) is 6.94. The number of nitrogens with zero attached hydrogens (tertiary/aromatic N) is 3. The van der Waals surface area contributed by atoms with E-state index in [1.807, 2.05) is 72.4 Å². The van der Waals surface area contributed by atoms with Crippen molar-refractivity contribution >= 4 is 35.0 Å². The fourth-order valence-corrected chi connectivity index (χ4v) is 7.09. The topological polar surface area (TPSA) is 43.9 Å². The van der Waals surface area contributed by atoms with Gasteiger partial charge < -0.3 is 14.7 Å². The summed E-state index contributed by atoms with van der Waals surface area (Å²) in [6.45, 7) is 6.24. The van der Waals surface area contributed by atoms with Gasteiger partial charge in [0.2, 0.25) is 11.8 Å². The molecule has 2 fully saturated rings. The number of piperidine rings is 1. The number of carbonyl (C=O) groups is 2. The zero-order chi connectivity index (χ0) is 29.4. The maximum absolute atomic E-state index is 14.3.